The average Bonchev–Trinajstić information content (AvgIpc) is 2.27. The van der Waals surface area contributed by atoms with Crippen LogP contribution in [0.3, 0.4) is 0 Å². The smallest absolute Gasteiger partial charge is 0.246 e. The number of rotatable bonds is 3. The zero-order chi connectivity index (χ0) is 16.6. The maximum absolute atomic E-state index is 13.3. The van der Waals surface area contributed by atoms with Crippen LogP contribution < -0.4 is 10.0 Å². The first-order chi connectivity index (χ1) is 9.35. The fourth-order valence-corrected chi connectivity index (χ4v) is 2.88. The van der Waals surface area contributed by atoms with Gasteiger partial charge in [-0.05, 0) is 18.2 Å². The van der Waals surface area contributed by atoms with Crippen molar-refractivity contribution in [2.24, 2.45) is 11.1 Å². The lowest BCUT2D eigenvalue weighted by Gasteiger charge is -2.29. The van der Waals surface area contributed by atoms with Gasteiger partial charge in [0, 0.05) is 11.0 Å². The molecule has 0 aliphatic carbocycles. The van der Waals surface area contributed by atoms with Crippen LogP contribution in [0.2, 0.25) is 0 Å². The first-order valence-electron chi connectivity index (χ1n) is 6.00. The quantitative estimate of drug-likeness (QED) is 0.854. The summed E-state index contributed by atoms with van der Waals surface area (Å²) in [5.74, 6) is -1.28. The maximum Gasteiger partial charge on any atom is 0.246 e. The van der Waals surface area contributed by atoms with E-state index in [4.69, 9.17) is 18.0 Å². The van der Waals surface area contributed by atoms with Gasteiger partial charge in [0.05, 0.1) is 11.9 Å². The summed E-state index contributed by atoms with van der Waals surface area (Å²) in [6.45, 7) is 4.74. The van der Waals surface area contributed by atoms with Gasteiger partial charge in [-0.15, -0.1) is 0 Å². The molecule has 0 saturated carbocycles. The lowest BCUT2D eigenvalue weighted by molar-refractivity contribution is -0.124. The van der Waals surface area contributed by atoms with Crippen LogP contribution in [0.4, 0.5) is 10.1 Å². The van der Waals surface area contributed by atoms with E-state index in [0.717, 1.165) is 18.4 Å². The Morgan fingerprint density at radius 1 is 1.33 bits per heavy atom. The minimum Gasteiger partial charge on any atom is -0.389 e. The van der Waals surface area contributed by atoms with Gasteiger partial charge in [-0.2, -0.15) is 0 Å². The van der Waals surface area contributed by atoms with Gasteiger partial charge < -0.3 is 5.73 Å². The van der Waals surface area contributed by atoms with E-state index in [-0.39, 0.29) is 16.2 Å². The minimum absolute atomic E-state index is 0.00646. The Morgan fingerprint density at radius 2 is 1.86 bits per heavy atom. The van der Waals surface area contributed by atoms with Crippen molar-refractivity contribution in [2.45, 2.75) is 20.8 Å². The first-order valence-corrected chi connectivity index (χ1v) is 8.25. The topological polar surface area (TPSA) is 80.5 Å². The molecule has 21 heavy (non-hydrogen) atoms. The highest BCUT2D eigenvalue weighted by atomic mass is 32.2. The van der Waals surface area contributed by atoms with Gasteiger partial charge in [0.1, 0.15) is 10.8 Å². The summed E-state index contributed by atoms with van der Waals surface area (Å²) in [6.07, 6.45) is 0.892. The molecular weight excluding hydrogens is 315 g/mol. The van der Waals surface area contributed by atoms with Crippen molar-refractivity contribution >= 4 is 38.8 Å². The number of anilines is 1. The molecule has 0 saturated heterocycles. The second kappa shape index (κ2) is 5.69. The monoisotopic (exact) mass is 332 g/mol. The SMILES string of the molecule is CC(C)(C)C(=O)N(c1ccc(F)cc1C(N)=S)S(C)(=O)=O. The molecule has 0 aliphatic heterocycles. The van der Waals surface area contributed by atoms with Crippen LogP contribution in [0.25, 0.3) is 0 Å². The number of hydrogen-bond donors (Lipinski definition) is 1. The van der Waals surface area contributed by atoms with Crippen molar-refractivity contribution in [3.63, 3.8) is 0 Å². The molecular formula is C13H17FN2O3S2. The van der Waals surface area contributed by atoms with Gasteiger partial charge in [0.25, 0.3) is 0 Å². The molecule has 0 atom stereocenters. The summed E-state index contributed by atoms with van der Waals surface area (Å²) in [4.78, 5) is 12.2. The number of nitrogens with two attached hydrogens (primary N) is 1. The molecule has 116 valence electrons. The molecule has 5 nitrogen and oxygen atoms in total. The van der Waals surface area contributed by atoms with Crippen LogP contribution in [0.1, 0.15) is 26.3 Å². The normalized spacial score (nSPS) is 12.0. The molecule has 2 N–H and O–H groups in total. The summed E-state index contributed by atoms with van der Waals surface area (Å²) in [6, 6.07) is 3.23. The standard InChI is InChI=1S/C13H17FN2O3S2/c1-13(2,3)12(17)16(21(4,18)19)10-6-5-8(14)7-9(10)11(15)20/h5-7H,1-4H3,(H2,15,20). The number of benzene rings is 1. The van der Waals surface area contributed by atoms with Gasteiger partial charge in [-0.25, -0.2) is 17.1 Å². The number of hydrogen-bond acceptors (Lipinski definition) is 4. The average molecular weight is 332 g/mol. The summed E-state index contributed by atoms with van der Waals surface area (Å²) in [5.41, 5.74) is 4.50. The lowest BCUT2D eigenvalue weighted by Crippen LogP contribution is -2.44. The van der Waals surface area contributed by atoms with Gasteiger partial charge in [-0.1, -0.05) is 33.0 Å². The third kappa shape index (κ3) is 3.98. The van der Waals surface area contributed by atoms with Crippen LogP contribution in [-0.4, -0.2) is 25.6 Å². The molecule has 0 bridgehead atoms. The molecule has 1 amide bonds. The number of carbonyl (C=O) groups excluding carboxylic acids is 1. The van der Waals surface area contributed by atoms with E-state index in [1.54, 1.807) is 20.8 Å². The molecule has 8 heteroatoms. The summed E-state index contributed by atoms with van der Waals surface area (Å²) < 4.78 is 38.0. The zero-order valence-electron chi connectivity index (χ0n) is 12.2. The molecule has 1 aromatic carbocycles. The third-order valence-electron chi connectivity index (χ3n) is 2.60. The van der Waals surface area contributed by atoms with E-state index in [1.807, 2.05) is 0 Å². The van der Waals surface area contributed by atoms with E-state index in [2.05, 4.69) is 0 Å². The van der Waals surface area contributed by atoms with Gasteiger partial charge in [-0.3, -0.25) is 4.79 Å². The van der Waals surface area contributed by atoms with Gasteiger partial charge in [0.2, 0.25) is 15.9 Å². The van der Waals surface area contributed by atoms with Crippen LogP contribution in [0.15, 0.2) is 18.2 Å². The number of sulfonamides is 1. The predicted molar refractivity (Wildman–Crippen MR) is 84.1 cm³/mol. The molecule has 0 aliphatic rings. The maximum atomic E-state index is 13.3. The van der Waals surface area contributed by atoms with Gasteiger partial charge in [0.15, 0.2) is 0 Å². The fourth-order valence-electron chi connectivity index (χ4n) is 1.63. The first kappa shape index (κ1) is 17.5. The molecule has 0 radical (unpaired) electrons. The second-order valence-corrected chi connectivity index (χ2v) is 7.88. The Balaban J connectivity index is 3.64. The molecule has 1 aromatic rings. The minimum atomic E-state index is -3.92. The van der Waals surface area contributed by atoms with Crippen LogP contribution in [0.5, 0.6) is 0 Å². The molecule has 0 heterocycles. The Kier molecular flexibility index (Phi) is 4.74. The number of thiocarbonyl (C=S) groups is 1. The van der Waals surface area contributed by atoms with Crippen molar-refractivity contribution in [2.75, 3.05) is 10.6 Å². The summed E-state index contributed by atoms with van der Waals surface area (Å²) in [5, 5.41) is 0. The summed E-state index contributed by atoms with van der Waals surface area (Å²) in [7, 11) is -3.92. The highest BCUT2D eigenvalue weighted by Crippen LogP contribution is 2.29. The van der Waals surface area contributed by atoms with Crippen molar-refractivity contribution in [1.29, 1.82) is 0 Å². The zero-order valence-corrected chi connectivity index (χ0v) is 13.8. The van der Waals surface area contributed by atoms with Crippen LogP contribution in [-0.2, 0) is 14.8 Å². The Bertz CT molecular complexity index is 694. The van der Waals surface area contributed by atoms with E-state index in [0.29, 0.717) is 4.31 Å². The number of nitrogens with zero attached hydrogens (tertiary/aromatic N) is 1. The molecule has 1 rings (SSSR count). The van der Waals surface area contributed by atoms with Crippen LogP contribution in [0, 0.1) is 11.2 Å². The van der Waals surface area contributed by atoms with E-state index in [9.17, 15) is 17.6 Å². The van der Waals surface area contributed by atoms with Crippen molar-refractivity contribution < 1.29 is 17.6 Å². The highest BCUT2D eigenvalue weighted by molar-refractivity contribution is 7.92. The molecule has 0 spiro atoms. The molecule has 0 unspecified atom stereocenters. The van der Waals surface area contributed by atoms with Gasteiger partial charge >= 0.3 is 0 Å². The summed E-state index contributed by atoms with van der Waals surface area (Å²) >= 11 is 4.81. The Labute approximate surface area is 129 Å². The van der Waals surface area contributed by atoms with Crippen LogP contribution >= 0.6 is 12.2 Å². The van der Waals surface area contributed by atoms with E-state index >= 15 is 0 Å². The second-order valence-electron chi connectivity index (χ2n) is 5.61. The highest BCUT2D eigenvalue weighted by Gasteiger charge is 2.35. The van der Waals surface area contributed by atoms with Crippen molar-refractivity contribution in [1.82, 2.24) is 0 Å². The third-order valence-corrected chi connectivity index (χ3v) is 3.85. The molecule has 0 fully saturated rings. The van der Waals surface area contributed by atoms with E-state index < -0.39 is 27.2 Å². The van der Waals surface area contributed by atoms with Crippen molar-refractivity contribution in [3.8, 4) is 0 Å². The van der Waals surface area contributed by atoms with E-state index in [1.165, 1.54) is 6.07 Å². The molecule has 0 aromatic heterocycles. The Hall–Kier alpha value is -1.54. The number of carbonyl (C=O) groups is 1. The predicted octanol–water partition coefficient (Wildman–Crippen LogP) is 1.80. The lowest BCUT2D eigenvalue weighted by atomic mass is 9.95. The number of halogens is 1. The fraction of sp³-hybridized carbons (Fsp3) is 0.385. The number of amides is 1. The Morgan fingerprint density at radius 3 is 2.24 bits per heavy atom. The van der Waals surface area contributed by atoms with Crippen molar-refractivity contribution in [3.05, 3.63) is 29.6 Å². The largest absolute Gasteiger partial charge is 0.389 e.